The number of hydrogen-bond acceptors (Lipinski definition) is 4. The molecular formula is C16H26ClN3O2. The first-order valence-corrected chi connectivity index (χ1v) is 7.57. The Bertz CT molecular complexity index is 483. The predicted octanol–water partition coefficient (Wildman–Crippen LogP) is 2.05. The lowest BCUT2D eigenvalue weighted by Gasteiger charge is -2.27. The molecule has 1 aromatic heterocycles. The fraction of sp³-hybridized carbons (Fsp3) is 0.625. The zero-order valence-corrected chi connectivity index (χ0v) is 14.4. The Morgan fingerprint density at radius 3 is 2.64 bits per heavy atom. The Hall–Kier alpha value is -1.33. The molecule has 2 rings (SSSR count). The minimum Gasteiger partial charge on any atom is -0.472 e. The lowest BCUT2D eigenvalue weighted by Crippen LogP contribution is -2.46. The number of piperazine rings is 1. The van der Waals surface area contributed by atoms with Gasteiger partial charge in [0.25, 0.3) is 0 Å². The molecule has 0 aromatic carbocycles. The summed E-state index contributed by atoms with van der Waals surface area (Å²) in [7, 11) is 0. The molecule has 1 N–H and O–H groups in total. The summed E-state index contributed by atoms with van der Waals surface area (Å²) >= 11 is 0. The third-order valence-corrected chi connectivity index (χ3v) is 3.26. The second-order valence-electron chi connectivity index (χ2n) is 6.31. The normalized spacial score (nSPS) is 15.1. The lowest BCUT2D eigenvalue weighted by molar-refractivity contribution is -0.131. The van der Waals surface area contributed by atoms with Crippen molar-refractivity contribution in [1.29, 1.82) is 0 Å². The quantitative estimate of drug-likeness (QED) is 0.919. The summed E-state index contributed by atoms with van der Waals surface area (Å²) < 4.78 is 5.75. The Morgan fingerprint density at radius 2 is 2.00 bits per heavy atom. The standard InChI is InChI=1S/C16H25N3O2.ClH/c1-16(2,3)21-14-6-4-5-13(18-14)7-8-15(20)19-11-9-17-10-12-19;/h4-6,17H,7-12H2,1-3H3;1H. The van der Waals surface area contributed by atoms with Crippen molar-refractivity contribution >= 4 is 18.3 Å². The molecule has 1 saturated heterocycles. The van der Waals surface area contributed by atoms with Crippen LogP contribution in [0.15, 0.2) is 18.2 Å². The molecule has 0 radical (unpaired) electrons. The van der Waals surface area contributed by atoms with Gasteiger partial charge in [-0.15, -0.1) is 12.4 Å². The molecule has 2 heterocycles. The van der Waals surface area contributed by atoms with Gasteiger partial charge in [0.05, 0.1) is 0 Å². The summed E-state index contributed by atoms with van der Waals surface area (Å²) in [6, 6.07) is 5.73. The third kappa shape index (κ3) is 6.20. The third-order valence-electron chi connectivity index (χ3n) is 3.26. The number of ether oxygens (including phenoxy) is 1. The molecule has 1 aliphatic heterocycles. The van der Waals surface area contributed by atoms with E-state index in [0.29, 0.717) is 18.7 Å². The molecule has 22 heavy (non-hydrogen) atoms. The van der Waals surface area contributed by atoms with E-state index in [1.807, 2.05) is 43.9 Å². The van der Waals surface area contributed by atoms with Crippen molar-refractivity contribution in [3.63, 3.8) is 0 Å². The first kappa shape index (κ1) is 18.7. The van der Waals surface area contributed by atoms with Crippen LogP contribution in [0.3, 0.4) is 0 Å². The minimum atomic E-state index is -0.262. The summed E-state index contributed by atoms with van der Waals surface area (Å²) in [5, 5.41) is 3.25. The molecule has 0 aliphatic carbocycles. The number of carbonyl (C=O) groups is 1. The second-order valence-corrected chi connectivity index (χ2v) is 6.31. The van der Waals surface area contributed by atoms with Gasteiger partial charge in [0.2, 0.25) is 11.8 Å². The van der Waals surface area contributed by atoms with E-state index in [2.05, 4.69) is 10.3 Å². The molecule has 5 nitrogen and oxygen atoms in total. The SMILES string of the molecule is CC(C)(C)Oc1cccc(CCC(=O)N2CCNCC2)n1.Cl. The van der Waals surface area contributed by atoms with Crippen LogP contribution in [0, 0.1) is 0 Å². The zero-order valence-electron chi connectivity index (χ0n) is 13.6. The van der Waals surface area contributed by atoms with Crippen molar-refractivity contribution < 1.29 is 9.53 Å². The fourth-order valence-corrected chi connectivity index (χ4v) is 2.27. The van der Waals surface area contributed by atoms with E-state index in [-0.39, 0.29) is 23.9 Å². The first-order valence-electron chi connectivity index (χ1n) is 7.57. The molecule has 1 aromatic rings. The van der Waals surface area contributed by atoms with Gasteiger partial charge in [-0.05, 0) is 33.3 Å². The number of hydrogen-bond donors (Lipinski definition) is 1. The van der Waals surface area contributed by atoms with E-state index >= 15 is 0 Å². The first-order chi connectivity index (χ1) is 9.94. The van der Waals surface area contributed by atoms with Gasteiger partial charge < -0.3 is 15.0 Å². The van der Waals surface area contributed by atoms with Gasteiger partial charge in [0, 0.05) is 44.4 Å². The number of carbonyl (C=O) groups excluding carboxylic acids is 1. The van der Waals surface area contributed by atoms with Crippen LogP contribution < -0.4 is 10.1 Å². The van der Waals surface area contributed by atoms with E-state index in [4.69, 9.17) is 4.74 Å². The van der Waals surface area contributed by atoms with Gasteiger partial charge in [-0.2, -0.15) is 0 Å². The van der Waals surface area contributed by atoms with Crippen molar-refractivity contribution in [3.05, 3.63) is 23.9 Å². The monoisotopic (exact) mass is 327 g/mol. The van der Waals surface area contributed by atoms with Crippen molar-refractivity contribution in [3.8, 4) is 5.88 Å². The number of nitrogens with zero attached hydrogens (tertiary/aromatic N) is 2. The van der Waals surface area contributed by atoms with Crippen LogP contribution in [0.5, 0.6) is 5.88 Å². The Balaban J connectivity index is 0.00000242. The average molecular weight is 328 g/mol. The maximum absolute atomic E-state index is 12.1. The Morgan fingerprint density at radius 1 is 1.32 bits per heavy atom. The van der Waals surface area contributed by atoms with E-state index in [1.165, 1.54) is 0 Å². The lowest BCUT2D eigenvalue weighted by atomic mass is 10.2. The van der Waals surface area contributed by atoms with Crippen molar-refractivity contribution in [2.75, 3.05) is 26.2 Å². The molecule has 0 saturated carbocycles. The smallest absolute Gasteiger partial charge is 0.223 e. The van der Waals surface area contributed by atoms with Gasteiger partial charge in [0.15, 0.2) is 0 Å². The van der Waals surface area contributed by atoms with Crippen LogP contribution in [-0.4, -0.2) is 47.6 Å². The van der Waals surface area contributed by atoms with Crippen LogP contribution in [0.1, 0.15) is 32.9 Å². The predicted molar refractivity (Wildman–Crippen MR) is 89.6 cm³/mol. The van der Waals surface area contributed by atoms with E-state index in [1.54, 1.807) is 0 Å². The maximum atomic E-state index is 12.1. The highest BCUT2D eigenvalue weighted by Gasteiger charge is 2.16. The second kappa shape index (κ2) is 8.34. The molecule has 1 amide bonds. The fourth-order valence-electron chi connectivity index (χ4n) is 2.27. The highest BCUT2D eigenvalue weighted by Crippen LogP contribution is 2.16. The molecule has 0 unspecified atom stereocenters. The Kier molecular flexibility index (Phi) is 7.10. The highest BCUT2D eigenvalue weighted by molar-refractivity contribution is 5.85. The molecule has 0 atom stereocenters. The van der Waals surface area contributed by atoms with Gasteiger partial charge in [-0.3, -0.25) is 4.79 Å². The zero-order chi connectivity index (χ0) is 15.3. The summed E-state index contributed by atoms with van der Waals surface area (Å²) in [6.07, 6.45) is 1.16. The minimum absolute atomic E-state index is 0. The largest absolute Gasteiger partial charge is 0.472 e. The van der Waals surface area contributed by atoms with E-state index in [0.717, 1.165) is 31.9 Å². The summed E-state index contributed by atoms with van der Waals surface area (Å²) in [6.45, 7) is 9.37. The van der Waals surface area contributed by atoms with Crippen LogP contribution in [0.2, 0.25) is 0 Å². The van der Waals surface area contributed by atoms with Crippen molar-refractivity contribution in [2.24, 2.45) is 0 Å². The number of nitrogens with one attached hydrogen (secondary N) is 1. The van der Waals surface area contributed by atoms with Gasteiger partial charge in [-0.1, -0.05) is 6.07 Å². The van der Waals surface area contributed by atoms with Crippen LogP contribution in [-0.2, 0) is 11.2 Å². The summed E-state index contributed by atoms with van der Waals surface area (Å²) in [4.78, 5) is 18.5. The molecule has 6 heteroatoms. The average Bonchev–Trinajstić information content (AvgIpc) is 2.44. The molecule has 1 aliphatic rings. The van der Waals surface area contributed by atoms with E-state index < -0.39 is 0 Å². The molecule has 0 spiro atoms. The molecule has 0 bridgehead atoms. The van der Waals surface area contributed by atoms with Crippen LogP contribution in [0.4, 0.5) is 0 Å². The van der Waals surface area contributed by atoms with Crippen molar-refractivity contribution in [1.82, 2.24) is 15.2 Å². The number of pyridine rings is 1. The molecule has 124 valence electrons. The number of rotatable bonds is 4. The van der Waals surface area contributed by atoms with E-state index in [9.17, 15) is 4.79 Å². The highest BCUT2D eigenvalue weighted by atomic mass is 35.5. The maximum Gasteiger partial charge on any atom is 0.223 e. The molecular weight excluding hydrogens is 302 g/mol. The van der Waals surface area contributed by atoms with Gasteiger partial charge in [0.1, 0.15) is 5.60 Å². The number of amides is 1. The van der Waals surface area contributed by atoms with Gasteiger partial charge in [-0.25, -0.2) is 4.98 Å². The Labute approximate surface area is 138 Å². The van der Waals surface area contributed by atoms with Crippen molar-refractivity contribution in [2.45, 2.75) is 39.2 Å². The number of aromatic nitrogens is 1. The topological polar surface area (TPSA) is 54.5 Å². The van der Waals surface area contributed by atoms with Crippen LogP contribution >= 0.6 is 12.4 Å². The number of aryl methyl sites for hydroxylation is 1. The summed E-state index contributed by atoms with van der Waals surface area (Å²) in [5.74, 6) is 0.829. The number of halogens is 1. The molecule has 1 fully saturated rings. The van der Waals surface area contributed by atoms with Crippen LogP contribution in [0.25, 0.3) is 0 Å². The van der Waals surface area contributed by atoms with Gasteiger partial charge >= 0.3 is 0 Å². The summed E-state index contributed by atoms with van der Waals surface area (Å²) in [5.41, 5.74) is 0.641.